The molecule has 80 valence electrons. The molecule has 0 bridgehead atoms. The van der Waals surface area contributed by atoms with Crippen molar-refractivity contribution in [2.75, 3.05) is 5.73 Å². The van der Waals surface area contributed by atoms with E-state index in [0.29, 0.717) is 5.13 Å². The first-order valence-corrected chi connectivity index (χ1v) is 5.61. The first-order valence-electron chi connectivity index (χ1n) is 4.73. The molecule has 0 aromatic carbocycles. The van der Waals surface area contributed by atoms with Gasteiger partial charge in [0.25, 0.3) is 0 Å². The summed E-state index contributed by atoms with van der Waals surface area (Å²) in [5.74, 6) is 0.816. The van der Waals surface area contributed by atoms with Crippen LogP contribution in [0.25, 0.3) is 22.6 Å². The van der Waals surface area contributed by atoms with Crippen LogP contribution in [-0.4, -0.2) is 19.5 Å². The third-order valence-corrected chi connectivity index (χ3v) is 3.11. The summed E-state index contributed by atoms with van der Waals surface area (Å²) >= 11 is 1.42. The molecular formula is C10H9N5S. The standard InChI is InChI=1S/C10H9N5S/c1-15-8-2-3-12-4-6(8)13-9(15)7-5-16-10(11)14-7/h2-5H,1H3,(H2,11,14). The molecule has 16 heavy (non-hydrogen) atoms. The molecule has 3 heterocycles. The lowest BCUT2D eigenvalue weighted by Gasteiger charge is -1.97. The smallest absolute Gasteiger partial charge is 0.180 e. The fraction of sp³-hybridized carbons (Fsp3) is 0.100. The Morgan fingerprint density at radius 3 is 2.94 bits per heavy atom. The highest BCUT2D eigenvalue weighted by Gasteiger charge is 2.11. The minimum absolute atomic E-state index is 0.556. The van der Waals surface area contributed by atoms with Crippen molar-refractivity contribution in [3.05, 3.63) is 23.8 Å². The second-order valence-electron chi connectivity index (χ2n) is 3.43. The van der Waals surface area contributed by atoms with E-state index in [2.05, 4.69) is 15.0 Å². The van der Waals surface area contributed by atoms with Crippen LogP contribution in [0.3, 0.4) is 0 Å². The van der Waals surface area contributed by atoms with Gasteiger partial charge in [0.15, 0.2) is 11.0 Å². The molecule has 0 aliphatic heterocycles. The summed E-state index contributed by atoms with van der Waals surface area (Å²) in [5.41, 5.74) is 8.33. The van der Waals surface area contributed by atoms with Gasteiger partial charge >= 0.3 is 0 Å². The fourth-order valence-corrected chi connectivity index (χ4v) is 2.21. The van der Waals surface area contributed by atoms with Crippen LogP contribution in [0, 0.1) is 0 Å². The van der Waals surface area contributed by atoms with Crippen molar-refractivity contribution in [1.29, 1.82) is 0 Å². The zero-order chi connectivity index (χ0) is 11.1. The van der Waals surface area contributed by atoms with Crippen molar-refractivity contribution < 1.29 is 0 Å². The van der Waals surface area contributed by atoms with Crippen LogP contribution in [0.4, 0.5) is 5.13 Å². The maximum absolute atomic E-state index is 5.62. The van der Waals surface area contributed by atoms with Gasteiger partial charge in [0.1, 0.15) is 11.2 Å². The number of fused-ring (bicyclic) bond motifs is 1. The lowest BCUT2D eigenvalue weighted by molar-refractivity contribution is 0.953. The van der Waals surface area contributed by atoms with Crippen LogP contribution < -0.4 is 5.73 Å². The molecule has 0 spiro atoms. The zero-order valence-electron chi connectivity index (χ0n) is 8.58. The van der Waals surface area contributed by atoms with Gasteiger partial charge in [0.2, 0.25) is 0 Å². The molecule has 3 aromatic rings. The Labute approximate surface area is 95.6 Å². The molecule has 0 saturated heterocycles. The highest BCUT2D eigenvalue weighted by molar-refractivity contribution is 7.13. The Hall–Kier alpha value is -1.95. The number of nitrogen functional groups attached to an aromatic ring is 1. The Balaban J connectivity index is 2.28. The summed E-state index contributed by atoms with van der Waals surface area (Å²) < 4.78 is 1.99. The van der Waals surface area contributed by atoms with Crippen LogP contribution in [0.5, 0.6) is 0 Å². The normalized spacial score (nSPS) is 11.1. The monoisotopic (exact) mass is 231 g/mol. The number of aryl methyl sites for hydroxylation is 1. The lowest BCUT2D eigenvalue weighted by atomic mass is 10.4. The number of aromatic nitrogens is 4. The molecule has 0 fully saturated rings. The number of thiazole rings is 1. The number of hydrogen-bond donors (Lipinski definition) is 1. The van der Waals surface area contributed by atoms with Gasteiger partial charge in [-0.2, -0.15) is 0 Å². The SMILES string of the molecule is Cn1c(-c2csc(N)n2)nc2cnccc21. The largest absolute Gasteiger partial charge is 0.375 e. The third kappa shape index (κ3) is 1.27. The highest BCUT2D eigenvalue weighted by Crippen LogP contribution is 2.25. The topological polar surface area (TPSA) is 69.6 Å². The van der Waals surface area contributed by atoms with E-state index in [-0.39, 0.29) is 0 Å². The summed E-state index contributed by atoms with van der Waals surface area (Å²) in [4.78, 5) is 12.8. The zero-order valence-corrected chi connectivity index (χ0v) is 9.40. The number of rotatable bonds is 1. The molecule has 0 aliphatic carbocycles. The molecule has 6 heteroatoms. The summed E-state index contributed by atoms with van der Waals surface area (Å²) in [7, 11) is 1.96. The van der Waals surface area contributed by atoms with Gasteiger partial charge in [-0.3, -0.25) is 4.98 Å². The van der Waals surface area contributed by atoms with Crippen molar-refractivity contribution in [2.24, 2.45) is 7.05 Å². The number of nitrogens with zero attached hydrogens (tertiary/aromatic N) is 4. The third-order valence-electron chi connectivity index (χ3n) is 2.43. The second kappa shape index (κ2) is 3.28. The molecular weight excluding hydrogens is 222 g/mol. The number of imidazole rings is 1. The maximum atomic E-state index is 5.62. The quantitative estimate of drug-likeness (QED) is 0.691. The summed E-state index contributed by atoms with van der Waals surface area (Å²) in [6.45, 7) is 0. The van der Waals surface area contributed by atoms with Gasteiger partial charge in [0.05, 0.1) is 11.7 Å². The minimum Gasteiger partial charge on any atom is -0.375 e. The highest BCUT2D eigenvalue weighted by atomic mass is 32.1. The van der Waals surface area contributed by atoms with Gasteiger partial charge in [-0.05, 0) is 6.07 Å². The maximum Gasteiger partial charge on any atom is 0.180 e. The van der Waals surface area contributed by atoms with E-state index in [1.807, 2.05) is 23.1 Å². The Morgan fingerprint density at radius 1 is 1.38 bits per heavy atom. The minimum atomic E-state index is 0.556. The molecule has 0 radical (unpaired) electrons. The average Bonchev–Trinajstić information content (AvgIpc) is 2.84. The van der Waals surface area contributed by atoms with Crippen LogP contribution >= 0.6 is 11.3 Å². The number of pyridine rings is 1. The molecule has 0 aliphatic rings. The molecule has 3 aromatic heterocycles. The van der Waals surface area contributed by atoms with Crippen LogP contribution in [0.1, 0.15) is 0 Å². The molecule has 0 unspecified atom stereocenters. The molecule has 0 amide bonds. The summed E-state index contributed by atoms with van der Waals surface area (Å²) in [6.07, 6.45) is 3.50. The Bertz CT molecular complexity index is 654. The second-order valence-corrected chi connectivity index (χ2v) is 4.32. The van der Waals surface area contributed by atoms with Gasteiger partial charge < -0.3 is 10.3 Å². The Kier molecular flexibility index (Phi) is 1.90. The number of anilines is 1. The van der Waals surface area contributed by atoms with Crippen LogP contribution in [-0.2, 0) is 7.05 Å². The first-order chi connectivity index (χ1) is 7.75. The first kappa shape index (κ1) is 9.29. The number of hydrogen-bond acceptors (Lipinski definition) is 5. The number of nitrogens with two attached hydrogens (primary N) is 1. The molecule has 5 nitrogen and oxygen atoms in total. The predicted molar refractivity (Wildman–Crippen MR) is 64.0 cm³/mol. The van der Waals surface area contributed by atoms with Crippen molar-refractivity contribution in [3.63, 3.8) is 0 Å². The van der Waals surface area contributed by atoms with Gasteiger partial charge in [-0.1, -0.05) is 0 Å². The van der Waals surface area contributed by atoms with E-state index in [9.17, 15) is 0 Å². The lowest BCUT2D eigenvalue weighted by Crippen LogP contribution is -1.93. The van der Waals surface area contributed by atoms with Crippen LogP contribution in [0.2, 0.25) is 0 Å². The summed E-state index contributed by atoms with van der Waals surface area (Å²) in [5, 5.41) is 2.46. The molecule has 3 rings (SSSR count). The van der Waals surface area contributed by atoms with Gasteiger partial charge in [-0.15, -0.1) is 11.3 Å². The van der Waals surface area contributed by atoms with E-state index in [1.165, 1.54) is 11.3 Å². The van der Waals surface area contributed by atoms with Crippen molar-refractivity contribution in [2.45, 2.75) is 0 Å². The fourth-order valence-electron chi connectivity index (χ4n) is 1.67. The van der Waals surface area contributed by atoms with E-state index in [0.717, 1.165) is 22.6 Å². The van der Waals surface area contributed by atoms with E-state index in [4.69, 9.17) is 5.73 Å². The van der Waals surface area contributed by atoms with E-state index >= 15 is 0 Å². The van der Waals surface area contributed by atoms with Crippen LogP contribution in [0.15, 0.2) is 23.8 Å². The molecule has 0 atom stereocenters. The average molecular weight is 231 g/mol. The van der Waals surface area contributed by atoms with Crippen molar-refractivity contribution in [3.8, 4) is 11.5 Å². The van der Waals surface area contributed by atoms with Gasteiger partial charge in [0, 0.05) is 18.6 Å². The van der Waals surface area contributed by atoms with Crippen molar-refractivity contribution >= 4 is 27.5 Å². The van der Waals surface area contributed by atoms with Crippen molar-refractivity contribution in [1.82, 2.24) is 19.5 Å². The van der Waals surface area contributed by atoms with Gasteiger partial charge in [-0.25, -0.2) is 9.97 Å². The molecule has 0 saturated carbocycles. The Morgan fingerprint density at radius 2 is 2.25 bits per heavy atom. The van der Waals surface area contributed by atoms with E-state index in [1.54, 1.807) is 12.4 Å². The predicted octanol–water partition coefficient (Wildman–Crippen LogP) is 1.67. The molecule has 2 N–H and O–H groups in total. The summed E-state index contributed by atoms with van der Waals surface area (Å²) in [6, 6.07) is 1.93. The van der Waals surface area contributed by atoms with E-state index < -0.39 is 0 Å².